The van der Waals surface area contributed by atoms with Crippen molar-refractivity contribution in [1.82, 2.24) is 0 Å². The van der Waals surface area contributed by atoms with Gasteiger partial charge in [-0.3, -0.25) is 0 Å². The molecule has 112 valence electrons. The smallest absolute Gasteiger partial charge is 0.371 e. The first-order valence-electron chi connectivity index (χ1n) is 6.98. The Hall–Kier alpha value is -2.23. The Morgan fingerprint density at radius 1 is 1.19 bits per heavy atom. The van der Waals surface area contributed by atoms with Gasteiger partial charge in [-0.2, -0.15) is 0 Å². The van der Waals surface area contributed by atoms with Gasteiger partial charge in [0, 0.05) is 0 Å². The van der Waals surface area contributed by atoms with Crippen molar-refractivity contribution >= 4 is 5.97 Å². The normalized spacial score (nSPS) is 11.4. The fraction of sp³-hybridized carbons (Fsp3) is 0.353. The van der Waals surface area contributed by atoms with Crippen LogP contribution in [0.3, 0.4) is 0 Å². The molecule has 1 aromatic carbocycles. The van der Waals surface area contributed by atoms with E-state index in [1.807, 2.05) is 12.1 Å². The molecular weight excluding hydrogens is 268 g/mol. The van der Waals surface area contributed by atoms with Crippen molar-refractivity contribution in [3.05, 3.63) is 53.5 Å². The third kappa shape index (κ3) is 3.66. The van der Waals surface area contributed by atoms with Crippen LogP contribution in [-0.4, -0.2) is 11.1 Å². The molecule has 1 aromatic heterocycles. The number of rotatable bonds is 6. The van der Waals surface area contributed by atoms with E-state index in [1.54, 1.807) is 6.07 Å². The number of carboxylic acids is 1. The maximum atomic E-state index is 10.7. The van der Waals surface area contributed by atoms with E-state index in [2.05, 4.69) is 32.9 Å². The number of aromatic carboxylic acids is 1. The Kier molecular flexibility index (Phi) is 4.36. The summed E-state index contributed by atoms with van der Waals surface area (Å²) in [5.74, 6) is 0.0744. The number of benzene rings is 1. The zero-order valence-corrected chi connectivity index (χ0v) is 12.6. The third-order valence-corrected chi connectivity index (χ3v) is 3.77. The van der Waals surface area contributed by atoms with Crippen molar-refractivity contribution in [1.29, 1.82) is 0 Å². The molecule has 0 saturated heterocycles. The van der Waals surface area contributed by atoms with Crippen molar-refractivity contribution in [2.45, 2.75) is 39.2 Å². The van der Waals surface area contributed by atoms with Crippen molar-refractivity contribution < 1.29 is 19.1 Å². The van der Waals surface area contributed by atoms with Crippen LogP contribution in [0.4, 0.5) is 0 Å². The summed E-state index contributed by atoms with van der Waals surface area (Å²) in [6.45, 7) is 6.80. The fourth-order valence-corrected chi connectivity index (χ4v) is 1.93. The van der Waals surface area contributed by atoms with Crippen molar-refractivity contribution in [2.24, 2.45) is 0 Å². The van der Waals surface area contributed by atoms with E-state index in [0.29, 0.717) is 5.76 Å². The molecule has 0 radical (unpaired) electrons. The summed E-state index contributed by atoms with van der Waals surface area (Å²) in [7, 11) is 0. The Balaban J connectivity index is 1.99. The van der Waals surface area contributed by atoms with Crippen LogP contribution in [-0.2, 0) is 12.0 Å². The van der Waals surface area contributed by atoms with E-state index < -0.39 is 5.97 Å². The van der Waals surface area contributed by atoms with Crippen molar-refractivity contribution in [2.75, 3.05) is 0 Å². The molecule has 0 bridgehead atoms. The SMILES string of the molecule is CCC(C)(C)c1ccc(OCc2ccc(C(=O)O)o2)cc1. The zero-order chi connectivity index (χ0) is 15.5. The van der Waals surface area contributed by atoms with Crippen LogP contribution >= 0.6 is 0 Å². The van der Waals surface area contributed by atoms with Crippen LogP contribution in [0, 0.1) is 0 Å². The number of carboxylic acid groups (broad SMARTS) is 1. The highest BCUT2D eigenvalue weighted by atomic mass is 16.5. The summed E-state index contributed by atoms with van der Waals surface area (Å²) < 4.78 is 10.7. The molecule has 0 saturated carbocycles. The summed E-state index contributed by atoms with van der Waals surface area (Å²) in [5, 5.41) is 8.78. The molecule has 0 aliphatic rings. The second kappa shape index (κ2) is 6.04. The first-order chi connectivity index (χ1) is 9.92. The lowest BCUT2D eigenvalue weighted by Gasteiger charge is -2.23. The number of hydrogen-bond acceptors (Lipinski definition) is 3. The summed E-state index contributed by atoms with van der Waals surface area (Å²) in [4.78, 5) is 10.7. The summed E-state index contributed by atoms with van der Waals surface area (Å²) >= 11 is 0. The molecule has 0 aliphatic heterocycles. The Morgan fingerprint density at radius 3 is 2.38 bits per heavy atom. The molecule has 0 atom stereocenters. The van der Waals surface area contributed by atoms with Crippen molar-refractivity contribution in [3.63, 3.8) is 0 Å². The Labute approximate surface area is 124 Å². The van der Waals surface area contributed by atoms with Gasteiger partial charge < -0.3 is 14.3 Å². The van der Waals surface area contributed by atoms with E-state index >= 15 is 0 Å². The molecule has 0 unspecified atom stereocenters. The van der Waals surface area contributed by atoms with Gasteiger partial charge >= 0.3 is 5.97 Å². The van der Waals surface area contributed by atoms with Crippen LogP contribution in [0.15, 0.2) is 40.8 Å². The van der Waals surface area contributed by atoms with Gasteiger partial charge in [0.25, 0.3) is 0 Å². The number of hydrogen-bond donors (Lipinski definition) is 1. The standard InChI is InChI=1S/C17H20O4/c1-4-17(2,3)12-5-7-13(8-6-12)20-11-14-9-10-15(21-14)16(18)19/h5-10H,4,11H2,1-3H3,(H,18,19). The monoisotopic (exact) mass is 288 g/mol. The lowest BCUT2D eigenvalue weighted by molar-refractivity contribution is 0.0658. The van der Waals surface area contributed by atoms with Gasteiger partial charge in [0.05, 0.1) is 0 Å². The van der Waals surface area contributed by atoms with Crippen LogP contribution in [0.2, 0.25) is 0 Å². The minimum Gasteiger partial charge on any atom is -0.486 e. The van der Waals surface area contributed by atoms with E-state index in [4.69, 9.17) is 14.3 Å². The minimum atomic E-state index is -1.08. The Bertz CT molecular complexity index is 608. The van der Waals surface area contributed by atoms with Gasteiger partial charge in [-0.05, 0) is 41.7 Å². The van der Waals surface area contributed by atoms with Crippen LogP contribution < -0.4 is 4.74 Å². The first-order valence-corrected chi connectivity index (χ1v) is 6.98. The largest absolute Gasteiger partial charge is 0.486 e. The highest BCUT2D eigenvalue weighted by molar-refractivity contribution is 5.84. The first kappa shape index (κ1) is 15.2. The van der Waals surface area contributed by atoms with Gasteiger partial charge in [0.1, 0.15) is 18.1 Å². The van der Waals surface area contributed by atoms with E-state index in [-0.39, 0.29) is 17.8 Å². The second-order valence-corrected chi connectivity index (χ2v) is 5.62. The predicted octanol–water partition coefficient (Wildman–Crippen LogP) is 4.24. The number of ether oxygens (including phenoxy) is 1. The maximum Gasteiger partial charge on any atom is 0.371 e. The summed E-state index contributed by atoms with van der Waals surface area (Å²) in [6.07, 6.45) is 1.07. The molecule has 0 amide bonds. The molecule has 4 nitrogen and oxygen atoms in total. The molecule has 1 N–H and O–H groups in total. The van der Waals surface area contributed by atoms with Gasteiger partial charge in [-0.15, -0.1) is 0 Å². The molecule has 4 heteroatoms. The van der Waals surface area contributed by atoms with E-state index in [0.717, 1.165) is 12.2 Å². The van der Waals surface area contributed by atoms with Gasteiger partial charge in [0.15, 0.2) is 0 Å². The van der Waals surface area contributed by atoms with Crippen LogP contribution in [0.1, 0.15) is 49.1 Å². The van der Waals surface area contributed by atoms with E-state index in [1.165, 1.54) is 11.6 Å². The average Bonchev–Trinajstić information content (AvgIpc) is 2.95. The molecule has 2 rings (SSSR count). The maximum absolute atomic E-state index is 10.7. The van der Waals surface area contributed by atoms with Gasteiger partial charge in [-0.1, -0.05) is 32.9 Å². The molecular formula is C17H20O4. The summed E-state index contributed by atoms with van der Waals surface area (Å²) in [6, 6.07) is 11.0. The van der Waals surface area contributed by atoms with Gasteiger partial charge in [-0.25, -0.2) is 4.79 Å². The topological polar surface area (TPSA) is 59.7 Å². The molecule has 2 aromatic rings. The molecule has 21 heavy (non-hydrogen) atoms. The third-order valence-electron chi connectivity index (χ3n) is 3.77. The molecule has 0 aliphatic carbocycles. The van der Waals surface area contributed by atoms with Crippen LogP contribution in [0.25, 0.3) is 0 Å². The average molecular weight is 288 g/mol. The van der Waals surface area contributed by atoms with Crippen molar-refractivity contribution in [3.8, 4) is 5.75 Å². The number of carbonyl (C=O) groups is 1. The zero-order valence-electron chi connectivity index (χ0n) is 12.6. The molecule has 0 spiro atoms. The fourth-order valence-electron chi connectivity index (χ4n) is 1.93. The second-order valence-electron chi connectivity index (χ2n) is 5.62. The minimum absolute atomic E-state index is 0.0753. The number of furan rings is 1. The Morgan fingerprint density at radius 2 is 1.86 bits per heavy atom. The van der Waals surface area contributed by atoms with E-state index in [9.17, 15) is 4.79 Å². The lowest BCUT2D eigenvalue weighted by Crippen LogP contribution is -2.15. The molecule has 0 fully saturated rings. The van der Waals surface area contributed by atoms with Crippen LogP contribution in [0.5, 0.6) is 5.75 Å². The summed E-state index contributed by atoms with van der Waals surface area (Å²) in [5.41, 5.74) is 1.42. The highest BCUT2D eigenvalue weighted by Crippen LogP contribution is 2.28. The lowest BCUT2D eigenvalue weighted by atomic mass is 9.82. The predicted molar refractivity (Wildman–Crippen MR) is 79.8 cm³/mol. The quantitative estimate of drug-likeness (QED) is 0.863. The van der Waals surface area contributed by atoms with Gasteiger partial charge in [0.2, 0.25) is 5.76 Å². The highest BCUT2D eigenvalue weighted by Gasteiger charge is 2.17. The molecule has 1 heterocycles.